The molecule has 1 aromatic rings. The topological polar surface area (TPSA) is 55.3 Å². The van der Waals surface area contributed by atoms with Crippen LogP contribution in [0.25, 0.3) is 0 Å². The lowest BCUT2D eigenvalue weighted by Gasteiger charge is -2.11. The van der Waals surface area contributed by atoms with Crippen LogP contribution >= 0.6 is 0 Å². The van der Waals surface area contributed by atoms with Gasteiger partial charge in [0.25, 0.3) is 0 Å². The Morgan fingerprint density at radius 3 is 2.92 bits per heavy atom. The summed E-state index contributed by atoms with van der Waals surface area (Å²) >= 11 is 0. The Kier molecular flexibility index (Phi) is 3.10. The third kappa shape index (κ3) is 2.54. The molecule has 2 N–H and O–H groups in total. The van der Waals surface area contributed by atoms with Crippen molar-refractivity contribution in [3.8, 4) is 0 Å². The van der Waals surface area contributed by atoms with Crippen molar-refractivity contribution in [1.82, 2.24) is 10.1 Å². The lowest BCUT2D eigenvalue weighted by molar-refractivity contribution is 0.273. The molecule has 0 aliphatic rings. The van der Waals surface area contributed by atoms with Gasteiger partial charge in [0.15, 0.2) is 11.6 Å². The predicted molar refractivity (Wildman–Crippen MR) is 47.5 cm³/mol. The molecular formula is C8H15N3O. The molecule has 0 fully saturated rings. The van der Waals surface area contributed by atoms with Gasteiger partial charge in [0.2, 0.25) is 0 Å². The average Bonchev–Trinajstić information content (AvgIpc) is 2.36. The van der Waals surface area contributed by atoms with E-state index in [9.17, 15) is 0 Å². The molecule has 0 bridgehead atoms. The summed E-state index contributed by atoms with van der Waals surface area (Å²) in [6.07, 6.45) is 1.14. The van der Waals surface area contributed by atoms with Crippen molar-refractivity contribution in [2.75, 3.05) is 19.3 Å². The molecule has 68 valence electrons. The minimum Gasteiger partial charge on any atom is -0.381 e. The van der Waals surface area contributed by atoms with Crippen molar-refractivity contribution in [2.45, 2.75) is 19.9 Å². The van der Waals surface area contributed by atoms with Crippen molar-refractivity contribution in [2.24, 2.45) is 0 Å². The molecule has 4 nitrogen and oxygen atoms in total. The van der Waals surface area contributed by atoms with Gasteiger partial charge in [-0.15, -0.1) is 0 Å². The third-order valence-corrected chi connectivity index (χ3v) is 1.61. The predicted octanol–water partition coefficient (Wildman–Crippen LogP) is 1.10. The summed E-state index contributed by atoms with van der Waals surface area (Å²) in [7, 11) is 2.04. The molecule has 1 rings (SSSR count). The van der Waals surface area contributed by atoms with Crippen molar-refractivity contribution in [1.29, 1.82) is 0 Å². The fraction of sp³-hybridized carbons (Fsp3) is 0.625. The van der Waals surface area contributed by atoms with Gasteiger partial charge >= 0.3 is 0 Å². The Labute approximate surface area is 72.3 Å². The molecule has 0 atom stereocenters. The van der Waals surface area contributed by atoms with Gasteiger partial charge in [-0.2, -0.15) is 0 Å². The molecule has 0 amide bonds. The van der Waals surface area contributed by atoms with E-state index in [2.05, 4.69) is 17.0 Å². The summed E-state index contributed by atoms with van der Waals surface area (Å²) in [5.74, 6) is 1.28. The zero-order valence-electron chi connectivity index (χ0n) is 7.58. The largest absolute Gasteiger partial charge is 0.381 e. The van der Waals surface area contributed by atoms with Crippen molar-refractivity contribution < 1.29 is 4.52 Å². The van der Waals surface area contributed by atoms with Gasteiger partial charge in [0, 0.05) is 6.07 Å². The zero-order chi connectivity index (χ0) is 8.97. The SMILES string of the molecule is CCCN(C)Cc1cc(N)no1. The number of anilines is 1. The fourth-order valence-electron chi connectivity index (χ4n) is 1.13. The van der Waals surface area contributed by atoms with Crippen LogP contribution in [0.5, 0.6) is 0 Å². The maximum Gasteiger partial charge on any atom is 0.167 e. The molecule has 0 spiro atoms. The zero-order valence-corrected chi connectivity index (χ0v) is 7.58. The number of aromatic nitrogens is 1. The molecule has 0 saturated carbocycles. The second-order valence-corrected chi connectivity index (χ2v) is 2.96. The highest BCUT2D eigenvalue weighted by Gasteiger charge is 2.03. The number of nitrogens with two attached hydrogens (primary N) is 1. The summed E-state index contributed by atoms with van der Waals surface area (Å²) in [6, 6.07) is 1.76. The van der Waals surface area contributed by atoms with Crippen LogP contribution in [-0.2, 0) is 6.54 Å². The number of nitrogens with zero attached hydrogens (tertiary/aromatic N) is 2. The molecule has 0 aromatic carbocycles. The van der Waals surface area contributed by atoms with E-state index >= 15 is 0 Å². The van der Waals surface area contributed by atoms with Crippen LogP contribution in [0.15, 0.2) is 10.6 Å². The normalized spacial score (nSPS) is 10.9. The number of nitrogen functional groups attached to an aromatic ring is 1. The summed E-state index contributed by atoms with van der Waals surface area (Å²) in [6.45, 7) is 3.98. The summed E-state index contributed by atoms with van der Waals surface area (Å²) in [5.41, 5.74) is 5.40. The van der Waals surface area contributed by atoms with E-state index in [1.807, 2.05) is 7.05 Å². The highest BCUT2D eigenvalue weighted by molar-refractivity contribution is 5.26. The van der Waals surface area contributed by atoms with Gasteiger partial charge in [-0.1, -0.05) is 12.1 Å². The van der Waals surface area contributed by atoms with Gasteiger partial charge in [-0.05, 0) is 20.0 Å². The van der Waals surface area contributed by atoms with Gasteiger partial charge in [0.1, 0.15) is 0 Å². The van der Waals surface area contributed by atoms with E-state index in [1.165, 1.54) is 0 Å². The van der Waals surface area contributed by atoms with Gasteiger partial charge < -0.3 is 10.3 Å². The first-order valence-corrected chi connectivity index (χ1v) is 4.12. The Balaban J connectivity index is 2.41. The first kappa shape index (κ1) is 9.06. The fourth-order valence-corrected chi connectivity index (χ4v) is 1.13. The van der Waals surface area contributed by atoms with E-state index in [0.29, 0.717) is 5.82 Å². The molecule has 4 heteroatoms. The van der Waals surface area contributed by atoms with Gasteiger partial charge in [-0.25, -0.2) is 0 Å². The van der Waals surface area contributed by atoms with Gasteiger partial charge in [-0.3, -0.25) is 4.90 Å². The summed E-state index contributed by atoms with van der Waals surface area (Å²) in [4.78, 5) is 2.17. The summed E-state index contributed by atoms with van der Waals surface area (Å²) < 4.78 is 4.96. The maximum atomic E-state index is 5.40. The second-order valence-electron chi connectivity index (χ2n) is 2.96. The monoisotopic (exact) mass is 169 g/mol. The molecule has 0 aliphatic carbocycles. The average molecular weight is 169 g/mol. The van der Waals surface area contributed by atoms with E-state index in [0.717, 1.165) is 25.3 Å². The molecule has 0 radical (unpaired) electrons. The van der Waals surface area contributed by atoms with Gasteiger partial charge in [0.05, 0.1) is 6.54 Å². The van der Waals surface area contributed by atoms with E-state index in [4.69, 9.17) is 10.3 Å². The molecule has 1 aromatic heterocycles. The Hall–Kier alpha value is -1.03. The van der Waals surface area contributed by atoms with Crippen LogP contribution in [0.4, 0.5) is 5.82 Å². The van der Waals surface area contributed by atoms with Crippen LogP contribution in [0.3, 0.4) is 0 Å². The van der Waals surface area contributed by atoms with Crippen LogP contribution in [0, 0.1) is 0 Å². The molecular weight excluding hydrogens is 154 g/mol. The molecule has 0 saturated heterocycles. The molecule has 1 heterocycles. The smallest absolute Gasteiger partial charge is 0.167 e. The molecule has 12 heavy (non-hydrogen) atoms. The number of hydrogen-bond donors (Lipinski definition) is 1. The Bertz CT molecular complexity index is 234. The number of rotatable bonds is 4. The summed E-state index contributed by atoms with van der Waals surface area (Å²) in [5, 5.41) is 3.61. The first-order valence-electron chi connectivity index (χ1n) is 4.12. The van der Waals surface area contributed by atoms with Crippen LogP contribution in [0.1, 0.15) is 19.1 Å². The second kappa shape index (κ2) is 4.11. The van der Waals surface area contributed by atoms with Crippen molar-refractivity contribution in [3.63, 3.8) is 0 Å². The first-order chi connectivity index (χ1) is 5.72. The quantitative estimate of drug-likeness (QED) is 0.733. The molecule has 0 aliphatic heterocycles. The lowest BCUT2D eigenvalue weighted by atomic mass is 10.4. The highest BCUT2D eigenvalue weighted by Crippen LogP contribution is 2.06. The van der Waals surface area contributed by atoms with E-state index in [-0.39, 0.29) is 0 Å². The van der Waals surface area contributed by atoms with Crippen LogP contribution in [-0.4, -0.2) is 23.6 Å². The lowest BCUT2D eigenvalue weighted by Crippen LogP contribution is -2.17. The van der Waals surface area contributed by atoms with E-state index in [1.54, 1.807) is 6.07 Å². The highest BCUT2D eigenvalue weighted by atomic mass is 16.5. The van der Waals surface area contributed by atoms with Crippen LogP contribution < -0.4 is 5.73 Å². The Morgan fingerprint density at radius 1 is 1.67 bits per heavy atom. The van der Waals surface area contributed by atoms with Crippen molar-refractivity contribution >= 4 is 5.82 Å². The van der Waals surface area contributed by atoms with Crippen LogP contribution in [0.2, 0.25) is 0 Å². The number of hydrogen-bond acceptors (Lipinski definition) is 4. The standard InChI is InChI=1S/C8H15N3O/c1-3-4-11(2)6-7-5-8(9)10-12-7/h5H,3-4,6H2,1-2H3,(H2,9,10). The maximum absolute atomic E-state index is 5.40. The third-order valence-electron chi connectivity index (χ3n) is 1.61. The molecule has 0 unspecified atom stereocenters. The minimum absolute atomic E-state index is 0.454. The van der Waals surface area contributed by atoms with Crippen molar-refractivity contribution in [3.05, 3.63) is 11.8 Å². The minimum atomic E-state index is 0.454. The van der Waals surface area contributed by atoms with E-state index < -0.39 is 0 Å². The Morgan fingerprint density at radius 2 is 2.42 bits per heavy atom.